The summed E-state index contributed by atoms with van der Waals surface area (Å²) in [6.45, 7) is 7.23. The number of nitrogens with one attached hydrogen (secondary N) is 1. The van der Waals surface area contributed by atoms with Crippen LogP contribution in [0.25, 0.3) is 0 Å². The van der Waals surface area contributed by atoms with Crippen LogP contribution in [0.4, 0.5) is 0 Å². The largest absolute Gasteiger partial charge is 0.342 e. The van der Waals surface area contributed by atoms with E-state index in [1.807, 2.05) is 25.7 Å². The standard InChI is InChI=1S/C18H29N3O3S.ClH/c1-13-6-8-17(9-7-13)25(23,24)20-11-16-5-4-10-21(12-16)18(22)14(2)15(3)19;/h6-9,14-16,20H,4-5,10-12,19H2,1-3H3;1H. The molecule has 0 spiro atoms. The highest BCUT2D eigenvalue weighted by atomic mass is 35.5. The number of likely N-dealkylation sites (tertiary alicyclic amines) is 1. The third-order valence-corrected chi connectivity index (χ3v) is 6.34. The van der Waals surface area contributed by atoms with Gasteiger partial charge in [-0.2, -0.15) is 0 Å². The zero-order valence-corrected chi connectivity index (χ0v) is 17.3. The van der Waals surface area contributed by atoms with Gasteiger partial charge in [0.1, 0.15) is 0 Å². The molecule has 6 nitrogen and oxygen atoms in total. The second kappa shape index (κ2) is 9.69. The van der Waals surface area contributed by atoms with E-state index in [0.717, 1.165) is 24.9 Å². The van der Waals surface area contributed by atoms with Crippen molar-refractivity contribution in [2.45, 2.75) is 44.6 Å². The number of hydrogen-bond donors (Lipinski definition) is 2. The van der Waals surface area contributed by atoms with Crippen LogP contribution in [0, 0.1) is 18.8 Å². The van der Waals surface area contributed by atoms with Crippen molar-refractivity contribution < 1.29 is 13.2 Å². The molecule has 1 saturated heterocycles. The number of aryl methyl sites for hydroxylation is 1. The van der Waals surface area contributed by atoms with Crippen LogP contribution in [0.15, 0.2) is 29.2 Å². The van der Waals surface area contributed by atoms with E-state index >= 15 is 0 Å². The second-order valence-corrected chi connectivity index (χ2v) is 8.87. The summed E-state index contributed by atoms with van der Waals surface area (Å²) in [5, 5.41) is 0. The van der Waals surface area contributed by atoms with Crippen LogP contribution < -0.4 is 10.5 Å². The van der Waals surface area contributed by atoms with E-state index in [0.29, 0.717) is 13.1 Å². The normalized spacial score (nSPS) is 20.2. The Balaban J connectivity index is 0.00000338. The highest BCUT2D eigenvalue weighted by Crippen LogP contribution is 2.19. The Labute approximate surface area is 163 Å². The lowest BCUT2D eigenvalue weighted by Crippen LogP contribution is -2.48. The highest BCUT2D eigenvalue weighted by Gasteiger charge is 2.29. The minimum atomic E-state index is -3.52. The molecular weight excluding hydrogens is 374 g/mol. The lowest BCUT2D eigenvalue weighted by Gasteiger charge is -2.35. The van der Waals surface area contributed by atoms with Crippen molar-refractivity contribution in [1.82, 2.24) is 9.62 Å². The summed E-state index contributed by atoms with van der Waals surface area (Å²) in [4.78, 5) is 14.5. The summed E-state index contributed by atoms with van der Waals surface area (Å²) in [7, 11) is -3.52. The van der Waals surface area contributed by atoms with Crippen molar-refractivity contribution in [3.05, 3.63) is 29.8 Å². The molecule has 3 N–H and O–H groups in total. The van der Waals surface area contributed by atoms with Crippen LogP contribution in [0.3, 0.4) is 0 Å². The summed E-state index contributed by atoms with van der Waals surface area (Å²) < 4.78 is 27.5. The highest BCUT2D eigenvalue weighted by molar-refractivity contribution is 7.89. The molecule has 3 unspecified atom stereocenters. The Morgan fingerprint density at radius 3 is 2.50 bits per heavy atom. The van der Waals surface area contributed by atoms with Gasteiger partial charge >= 0.3 is 0 Å². The molecular formula is C18H30ClN3O3S. The quantitative estimate of drug-likeness (QED) is 0.758. The predicted octanol–water partition coefficient (Wildman–Crippen LogP) is 1.92. The Kier molecular flexibility index (Phi) is 8.53. The Morgan fingerprint density at radius 1 is 1.31 bits per heavy atom. The van der Waals surface area contributed by atoms with Gasteiger partial charge in [0.25, 0.3) is 0 Å². The van der Waals surface area contributed by atoms with Gasteiger partial charge in [-0.05, 0) is 44.7 Å². The fourth-order valence-corrected chi connectivity index (χ4v) is 4.09. The van der Waals surface area contributed by atoms with Crippen LogP contribution in [0.1, 0.15) is 32.3 Å². The molecule has 1 aliphatic rings. The average molecular weight is 404 g/mol. The third kappa shape index (κ3) is 5.94. The fraction of sp³-hybridized carbons (Fsp3) is 0.611. The van der Waals surface area contributed by atoms with Crippen molar-refractivity contribution in [2.75, 3.05) is 19.6 Å². The minimum absolute atomic E-state index is 0. The van der Waals surface area contributed by atoms with Crippen molar-refractivity contribution >= 4 is 28.3 Å². The van der Waals surface area contributed by atoms with E-state index in [2.05, 4.69) is 4.72 Å². The van der Waals surface area contributed by atoms with E-state index in [1.165, 1.54) is 0 Å². The topological polar surface area (TPSA) is 92.5 Å². The fourth-order valence-electron chi connectivity index (χ4n) is 2.97. The predicted molar refractivity (Wildman–Crippen MR) is 106 cm³/mol. The first-order chi connectivity index (χ1) is 11.7. The van der Waals surface area contributed by atoms with Crippen molar-refractivity contribution in [3.8, 4) is 0 Å². The third-order valence-electron chi connectivity index (χ3n) is 4.90. The molecule has 1 amide bonds. The van der Waals surface area contributed by atoms with Gasteiger partial charge in [-0.1, -0.05) is 24.6 Å². The molecule has 0 aliphatic carbocycles. The number of sulfonamides is 1. The monoisotopic (exact) mass is 403 g/mol. The van der Waals surface area contributed by atoms with Crippen LogP contribution in [-0.4, -0.2) is 44.9 Å². The molecule has 2 rings (SSSR count). The van der Waals surface area contributed by atoms with Gasteiger partial charge in [-0.15, -0.1) is 12.4 Å². The number of benzene rings is 1. The number of carbonyl (C=O) groups excluding carboxylic acids is 1. The summed E-state index contributed by atoms with van der Waals surface area (Å²) in [5.74, 6) is -0.0395. The molecule has 1 aliphatic heterocycles. The van der Waals surface area contributed by atoms with Gasteiger partial charge in [0.15, 0.2) is 0 Å². The Morgan fingerprint density at radius 2 is 1.92 bits per heavy atom. The number of nitrogens with zero attached hydrogens (tertiary/aromatic N) is 1. The van der Waals surface area contributed by atoms with Gasteiger partial charge in [0.2, 0.25) is 15.9 Å². The van der Waals surface area contributed by atoms with Crippen LogP contribution in [0.5, 0.6) is 0 Å². The van der Waals surface area contributed by atoms with Crippen LogP contribution in [0.2, 0.25) is 0 Å². The number of rotatable bonds is 6. The number of nitrogens with two attached hydrogens (primary N) is 1. The first-order valence-electron chi connectivity index (χ1n) is 8.81. The van der Waals surface area contributed by atoms with Crippen molar-refractivity contribution in [3.63, 3.8) is 0 Å². The maximum atomic E-state index is 12.4. The van der Waals surface area contributed by atoms with Gasteiger partial charge < -0.3 is 10.6 Å². The van der Waals surface area contributed by atoms with Crippen molar-refractivity contribution in [2.24, 2.45) is 17.6 Å². The number of hydrogen-bond acceptors (Lipinski definition) is 4. The van der Waals surface area contributed by atoms with Crippen molar-refractivity contribution in [1.29, 1.82) is 0 Å². The number of piperidine rings is 1. The molecule has 26 heavy (non-hydrogen) atoms. The molecule has 0 aromatic heterocycles. The average Bonchev–Trinajstić information content (AvgIpc) is 2.59. The molecule has 1 heterocycles. The van der Waals surface area contributed by atoms with Gasteiger partial charge in [-0.3, -0.25) is 4.79 Å². The number of carbonyl (C=O) groups is 1. The van der Waals surface area contributed by atoms with Gasteiger partial charge in [0, 0.05) is 25.7 Å². The first kappa shape index (κ1) is 22.9. The molecule has 1 fully saturated rings. The molecule has 0 saturated carbocycles. The molecule has 3 atom stereocenters. The summed E-state index contributed by atoms with van der Waals surface area (Å²) in [6, 6.07) is 6.60. The van der Waals surface area contributed by atoms with E-state index in [9.17, 15) is 13.2 Å². The zero-order chi connectivity index (χ0) is 18.6. The zero-order valence-electron chi connectivity index (χ0n) is 15.6. The summed E-state index contributed by atoms with van der Waals surface area (Å²) >= 11 is 0. The molecule has 8 heteroatoms. The molecule has 0 radical (unpaired) electrons. The molecule has 1 aromatic carbocycles. The van der Waals surface area contributed by atoms with E-state index in [-0.39, 0.29) is 41.1 Å². The van der Waals surface area contributed by atoms with Gasteiger partial charge in [-0.25, -0.2) is 13.1 Å². The Bertz CT molecular complexity index is 692. The van der Waals surface area contributed by atoms with E-state index < -0.39 is 10.0 Å². The SMILES string of the molecule is Cc1ccc(S(=O)(=O)NCC2CCCN(C(=O)C(C)C(C)N)C2)cc1.Cl. The number of halogens is 1. The minimum Gasteiger partial charge on any atom is -0.342 e. The van der Waals surface area contributed by atoms with Crippen LogP contribution in [-0.2, 0) is 14.8 Å². The molecule has 1 aromatic rings. The summed E-state index contributed by atoms with van der Waals surface area (Å²) in [6.07, 6.45) is 1.79. The number of amides is 1. The second-order valence-electron chi connectivity index (χ2n) is 7.11. The van der Waals surface area contributed by atoms with Crippen LogP contribution >= 0.6 is 12.4 Å². The lowest BCUT2D eigenvalue weighted by atomic mass is 9.95. The maximum absolute atomic E-state index is 12.4. The Hall–Kier alpha value is -1.15. The molecule has 148 valence electrons. The van der Waals surface area contributed by atoms with Gasteiger partial charge in [0.05, 0.1) is 10.8 Å². The van der Waals surface area contributed by atoms with E-state index in [1.54, 1.807) is 24.3 Å². The summed E-state index contributed by atoms with van der Waals surface area (Å²) in [5.41, 5.74) is 6.85. The maximum Gasteiger partial charge on any atom is 0.240 e. The smallest absolute Gasteiger partial charge is 0.240 e. The lowest BCUT2D eigenvalue weighted by molar-refractivity contribution is -0.137. The van der Waals surface area contributed by atoms with E-state index in [4.69, 9.17) is 5.73 Å². The first-order valence-corrected chi connectivity index (χ1v) is 10.3. The molecule has 0 bridgehead atoms.